The van der Waals surface area contributed by atoms with Crippen LogP contribution in [0, 0.1) is 0 Å². The van der Waals surface area contributed by atoms with E-state index in [4.69, 9.17) is 4.99 Å². The Morgan fingerprint density at radius 1 is 0.717 bits per heavy atom. The van der Waals surface area contributed by atoms with Gasteiger partial charge in [-0.1, -0.05) is 151 Å². The molecule has 0 bridgehead atoms. The van der Waals surface area contributed by atoms with Crippen molar-refractivity contribution in [2.75, 3.05) is 0 Å². The van der Waals surface area contributed by atoms with Gasteiger partial charge in [-0.05, 0) is 71.1 Å². The van der Waals surface area contributed by atoms with Gasteiger partial charge >= 0.3 is 0 Å². The minimum atomic E-state index is -3.78. The lowest BCUT2D eigenvalue weighted by Crippen LogP contribution is -2.45. The Labute approximate surface area is 278 Å². The molecule has 4 nitrogen and oxygen atoms in total. The first-order valence-electron chi connectivity index (χ1n) is 16.8. The van der Waals surface area contributed by atoms with E-state index in [0.29, 0.717) is 10.8 Å². The molecule has 4 aromatic carbocycles. The first kappa shape index (κ1) is 34.2. The van der Waals surface area contributed by atoms with Gasteiger partial charge in [0.05, 0.1) is 10.9 Å². The summed E-state index contributed by atoms with van der Waals surface area (Å²) in [5, 5.41) is 3.83. The van der Waals surface area contributed by atoms with E-state index >= 15 is 0 Å². The standard InChI is InChI=1S/C40H49N2O2PS/c1-28(2)32-25-35(29(3)4)40(36(26-32)30(5)6)46(43,44)42-38-23-15-14-22-37(38)41-27-31-17-13-16-24-39(31)45(33-18-9-7-10-19-33)34-20-11-8-12-21-34/h7-13,16-21,24-30,37-38,42H,14-15,22-23H2,1-6H3/t37-,38-/m1/s1. The maximum atomic E-state index is 14.3. The first-order valence-corrected chi connectivity index (χ1v) is 19.6. The maximum absolute atomic E-state index is 14.3. The molecule has 1 aliphatic rings. The van der Waals surface area contributed by atoms with Gasteiger partial charge < -0.3 is 0 Å². The topological polar surface area (TPSA) is 58.5 Å². The zero-order chi connectivity index (χ0) is 32.8. The molecule has 2 atom stereocenters. The van der Waals surface area contributed by atoms with Gasteiger partial charge in [0, 0.05) is 17.8 Å². The summed E-state index contributed by atoms with van der Waals surface area (Å²) in [6.45, 7) is 12.7. The number of aliphatic imine (C=N–C) groups is 1. The lowest BCUT2D eigenvalue weighted by molar-refractivity contribution is 0.363. The average Bonchev–Trinajstić information content (AvgIpc) is 3.05. The van der Waals surface area contributed by atoms with Crippen molar-refractivity contribution < 1.29 is 8.42 Å². The minimum Gasteiger partial charge on any atom is -0.288 e. The van der Waals surface area contributed by atoms with Crippen LogP contribution in [0.25, 0.3) is 0 Å². The Hall–Kier alpha value is -3.11. The molecule has 1 N–H and O–H groups in total. The number of nitrogens with one attached hydrogen (secondary N) is 1. The fourth-order valence-corrected chi connectivity index (χ4v) is 10.9. The van der Waals surface area contributed by atoms with Gasteiger partial charge in [0.25, 0.3) is 0 Å². The van der Waals surface area contributed by atoms with E-state index in [9.17, 15) is 8.42 Å². The van der Waals surface area contributed by atoms with Crippen molar-refractivity contribution in [3.8, 4) is 0 Å². The monoisotopic (exact) mass is 652 g/mol. The summed E-state index contributed by atoms with van der Waals surface area (Å²) in [5.74, 6) is 0.497. The highest BCUT2D eigenvalue weighted by molar-refractivity contribution is 7.89. The SMILES string of the molecule is CC(C)c1cc(C(C)C)c(S(=O)(=O)N[C@@H]2CCCC[C@H]2N=Cc2ccccc2P(c2ccccc2)c2ccccc2)c(C(C)C)c1. The number of nitrogens with zero attached hydrogens (tertiary/aromatic N) is 1. The normalized spacial score (nSPS) is 17.5. The molecule has 1 fully saturated rings. The van der Waals surface area contributed by atoms with Crippen LogP contribution in [0.15, 0.2) is 107 Å². The molecule has 0 aromatic heterocycles. The molecule has 1 aliphatic carbocycles. The predicted molar refractivity (Wildman–Crippen MR) is 198 cm³/mol. The molecule has 46 heavy (non-hydrogen) atoms. The molecule has 6 heteroatoms. The van der Waals surface area contributed by atoms with E-state index in [1.165, 1.54) is 21.5 Å². The largest absolute Gasteiger partial charge is 0.288 e. The molecule has 5 rings (SSSR count). The van der Waals surface area contributed by atoms with Crippen molar-refractivity contribution in [3.63, 3.8) is 0 Å². The molecular weight excluding hydrogens is 603 g/mol. The summed E-state index contributed by atoms with van der Waals surface area (Å²) in [4.78, 5) is 5.62. The average molecular weight is 653 g/mol. The third-order valence-electron chi connectivity index (χ3n) is 9.00. The second-order valence-corrected chi connectivity index (χ2v) is 17.3. The number of sulfonamides is 1. The Kier molecular flexibility index (Phi) is 11.3. The van der Waals surface area contributed by atoms with Crippen molar-refractivity contribution in [2.24, 2.45) is 4.99 Å². The Morgan fingerprint density at radius 3 is 1.78 bits per heavy atom. The summed E-state index contributed by atoms with van der Waals surface area (Å²) < 4.78 is 31.9. The number of hydrogen-bond acceptors (Lipinski definition) is 3. The number of benzene rings is 4. The summed E-state index contributed by atoms with van der Waals surface area (Å²) in [6, 6.07) is 33.8. The highest BCUT2D eigenvalue weighted by Crippen LogP contribution is 2.36. The molecule has 0 aliphatic heterocycles. The molecule has 4 aromatic rings. The van der Waals surface area contributed by atoms with Gasteiger partial charge in [0.1, 0.15) is 0 Å². The summed E-state index contributed by atoms with van der Waals surface area (Å²) in [7, 11) is -4.57. The van der Waals surface area contributed by atoms with Crippen LogP contribution < -0.4 is 20.6 Å². The van der Waals surface area contributed by atoms with E-state index in [0.717, 1.165) is 42.4 Å². The fourth-order valence-electron chi connectivity index (χ4n) is 6.44. The second kappa shape index (κ2) is 15.2. The van der Waals surface area contributed by atoms with Gasteiger partial charge in [0.2, 0.25) is 10.0 Å². The van der Waals surface area contributed by atoms with Crippen LogP contribution in [0.3, 0.4) is 0 Å². The molecule has 0 heterocycles. The summed E-state index contributed by atoms with van der Waals surface area (Å²) in [5.41, 5.74) is 4.09. The zero-order valence-electron chi connectivity index (χ0n) is 28.1. The van der Waals surface area contributed by atoms with Gasteiger partial charge in [-0.3, -0.25) is 4.99 Å². The van der Waals surface area contributed by atoms with Gasteiger partial charge in [-0.15, -0.1) is 0 Å². The predicted octanol–water partition coefficient (Wildman–Crippen LogP) is 8.52. The van der Waals surface area contributed by atoms with Gasteiger partial charge in [0.15, 0.2) is 0 Å². The second-order valence-electron chi connectivity index (χ2n) is 13.4. The van der Waals surface area contributed by atoms with Crippen molar-refractivity contribution in [3.05, 3.63) is 119 Å². The molecule has 0 amide bonds. The Bertz CT molecular complexity index is 1670. The minimum absolute atomic E-state index is 0.0866. The van der Waals surface area contributed by atoms with E-state index in [1.807, 2.05) is 6.21 Å². The van der Waals surface area contributed by atoms with Crippen LogP contribution in [0.1, 0.15) is 107 Å². The highest BCUT2D eigenvalue weighted by Gasteiger charge is 2.33. The lowest BCUT2D eigenvalue weighted by atomic mass is 9.89. The quantitative estimate of drug-likeness (QED) is 0.130. The molecule has 1 saturated carbocycles. The summed E-state index contributed by atoms with van der Waals surface area (Å²) in [6.07, 6.45) is 5.67. The Morgan fingerprint density at radius 2 is 1.24 bits per heavy atom. The summed E-state index contributed by atoms with van der Waals surface area (Å²) >= 11 is 0. The smallest absolute Gasteiger partial charge is 0.241 e. The first-order chi connectivity index (χ1) is 22.1. The number of rotatable bonds is 11. The van der Waals surface area contributed by atoms with Crippen LogP contribution in [-0.4, -0.2) is 26.7 Å². The van der Waals surface area contributed by atoms with Crippen LogP contribution in [0.5, 0.6) is 0 Å². The number of hydrogen-bond donors (Lipinski definition) is 1. The van der Waals surface area contributed by atoms with Crippen LogP contribution in [0.4, 0.5) is 0 Å². The van der Waals surface area contributed by atoms with Crippen LogP contribution in [-0.2, 0) is 10.0 Å². The highest BCUT2D eigenvalue weighted by atomic mass is 32.2. The van der Waals surface area contributed by atoms with Crippen molar-refractivity contribution >= 4 is 40.1 Å². The third kappa shape index (κ3) is 7.88. The van der Waals surface area contributed by atoms with Gasteiger partial charge in [-0.2, -0.15) is 0 Å². The van der Waals surface area contributed by atoms with E-state index in [-0.39, 0.29) is 23.9 Å². The van der Waals surface area contributed by atoms with Crippen LogP contribution in [0.2, 0.25) is 0 Å². The molecule has 0 spiro atoms. The molecule has 0 unspecified atom stereocenters. The maximum Gasteiger partial charge on any atom is 0.241 e. The van der Waals surface area contributed by atoms with E-state index < -0.39 is 17.9 Å². The molecular formula is C40H49N2O2PS. The lowest BCUT2D eigenvalue weighted by Gasteiger charge is -2.31. The Balaban J connectivity index is 1.49. The third-order valence-corrected chi connectivity index (χ3v) is 13.1. The van der Waals surface area contributed by atoms with Crippen molar-refractivity contribution in [2.45, 2.75) is 102 Å². The van der Waals surface area contributed by atoms with Crippen LogP contribution >= 0.6 is 7.92 Å². The molecule has 242 valence electrons. The van der Waals surface area contributed by atoms with Crippen molar-refractivity contribution in [1.29, 1.82) is 0 Å². The molecule has 0 saturated heterocycles. The molecule has 0 radical (unpaired) electrons. The van der Waals surface area contributed by atoms with E-state index in [1.54, 1.807) is 0 Å². The zero-order valence-corrected chi connectivity index (χ0v) is 29.9. The fraction of sp³-hybridized carbons (Fsp3) is 0.375. The van der Waals surface area contributed by atoms with Gasteiger partial charge in [-0.25, -0.2) is 13.1 Å². The van der Waals surface area contributed by atoms with Crippen molar-refractivity contribution in [1.82, 2.24) is 4.72 Å². The van der Waals surface area contributed by atoms with E-state index in [2.05, 4.69) is 143 Å².